The monoisotopic (exact) mass is 453 g/mol. The summed E-state index contributed by atoms with van der Waals surface area (Å²) in [6.45, 7) is 1.66. The summed E-state index contributed by atoms with van der Waals surface area (Å²) in [6, 6.07) is 12.1. The summed E-state index contributed by atoms with van der Waals surface area (Å²) in [5.41, 5.74) is 0.0659. The van der Waals surface area contributed by atoms with E-state index in [0.717, 1.165) is 25.7 Å². The minimum Gasteiger partial charge on any atom is -0.448 e. The number of hydrogen-bond donors (Lipinski definition) is 3. The van der Waals surface area contributed by atoms with Gasteiger partial charge in [-0.05, 0) is 44.0 Å². The van der Waals surface area contributed by atoms with E-state index in [4.69, 9.17) is 9.47 Å². The summed E-state index contributed by atoms with van der Waals surface area (Å²) < 4.78 is 12.1. The number of rotatable bonds is 5. The maximum absolute atomic E-state index is 13.0. The second-order valence-electron chi connectivity index (χ2n) is 8.46. The van der Waals surface area contributed by atoms with Crippen molar-refractivity contribution in [2.24, 2.45) is 0 Å². The van der Waals surface area contributed by atoms with E-state index in [0.29, 0.717) is 33.4 Å². The number of imide groups is 1. The van der Waals surface area contributed by atoms with Gasteiger partial charge in [-0.1, -0.05) is 12.1 Å². The second-order valence-corrected chi connectivity index (χ2v) is 9.48. The first-order valence-corrected chi connectivity index (χ1v) is 11.5. The number of carbonyl (C=O) groups excluding carboxylic acids is 3. The van der Waals surface area contributed by atoms with Gasteiger partial charge >= 0.3 is 6.03 Å². The highest BCUT2D eigenvalue weighted by atomic mass is 32.2. The van der Waals surface area contributed by atoms with Gasteiger partial charge < -0.3 is 20.1 Å². The Balaban J connectivity index is 1.29. The van der Waals surface area contributed by atoms with Crippen molar-refractivity contribution in [2.75, 3.05) is 11.1 Å². The molecule has 0 unspecified atom stereocenters. The van der Waals surface area contributed by atoms with Gasteiger partial charge in [0.05, 0.1) is 5.56 Å². The molecule has 2 heterocycles. The lowest BCUT2D eigenvalue weighted by molar-refractivity contribution is -0.122. The molecule has 1 aliphatic carbocycles. The van der Waals surface area contributed by atoms with E-state index >= 15 is 0 Å². The zero-order valence-corrected chi connectivity index (χ0v) is 18.3. The third-order valence-electron chi connectivity index (χ3n) is 5.92. The highest BCUT2D eigenvalue weighted by Crippen LogP contribution is 2.47. The fraction of sp³-hybridized carbons (Fsp3) is 0.348. The predicted molar refractivity (Wildman–Crippen MR) is 119 cm³/mol. The van der Waals surface area contributed by atoms with Crippen molar-refractivity contribution in [2.45, 2.75) is 48.8 Å². The molecular weight excluding hydrogens is 430 g/mol. The standard InChI is InChI=1S/C23H23N3O5S/c1-22(20(28)25-21(29)26-22)13-32-18-7-3-2-6-15(18)19(27)24-14-8-9-16-17(12-14)31-23(30-16)10-4-5-11-23/h2-3,6-9,12H,4-5,10-11,13H2,1H3,(H,24,27)(H2,25,26,28,29)/t22-/m1/s1. The maximum Gasteiger partial charge on any atom is 0.322 e. The third-order valence-corrected chi connectivity index (χ3v) is 7.31. The van der Waals surface area contributed by atoms with Crippen LogP contribution in [-0.2, 0) is 4.79 Å². The lowest BCUT2D eigenvalue weighted by Crippen LogP contribution is -2.46. The lowest BCUT2D eigenvalue weighted by atomic mass is 10.1. The first kappa shape index (κ1) is 20.7. The molecule has 1 spiro atoms. The van der Waals surface area contributed by atoms with Gasteiger partial charge in [-0.15, -0.1) is 11.8 Å². The number of fused-ring (bicyclic) bond motifs is 1. The molecule has 0 bridgehead atoms. The largest absolute Gasteiger partial charge is 0.448 e. The quantitative estimate of drug-likeness (QED) is 0.471. The van der Waals surface area contributed by atoms with Crippen LogP contribution >= 0.6 is 11.8 Å². The van der Waals surface area contributed by atoms with Crippen LogP contribution in [0, 0.1) is 0 Å². The number of nitrogens with one attached hydrogen (secondary N) is 3. The van der Waals surface area contributed by atoms with Crippen LogP contribution in [0.1, 0.15) is 43.0 Å². The molecule has 0 aromatic heterocycles. The van der Waals surface area contributed by atoms with E-state index < -0.39 is 17.4 Å². The Hall–Kier alpha value is -3.20. The van der Waals surface area contributed by atoms with Crippen LogP contribution in [0.25, 0.3) is 0 Å². The number of ether oxygens (including phenoxy) is 2. The van der Waals surface area contributed by atoms with Gasteiger partial charge in [-0.2, -0.15) is 0 Å². The van der Waals surface area contributed by atoms with E-state index in [1.54, 1.807) is 31.2 Å². The Morgan fingerprint density at radius 1 is 1.09 bits per heavy atom. The third kappa shape index (κ3) is 3.77. The van der Waals surface area contributed by atoms with Crippen LogP contribution < -0.4 is 25.4 Å². The smallest absolute Gasteiger partial charge is 0.322 e. The second kappa shape index (κ2) is 7.74. The molecule has 2 fully saturated rings. The van der Waals surface area contributed by atoms with Crippen LogP contribution in [0.4, 0.5) is 10.5 Å². The Morgan fingerprint density at radius 2 is 1.84 bits per heavy atom. The van der Waals surface area contributed by atoms with Crippen molar-refractivity contribution < 1.29 is 23.9 Å². The normalized spacial score (nSPS) is 22.7. The molecule has 8 nitrogen and oxygen atoms in total. The molecule has 0 radical (unpaired) electrons. The fourth-order valence-corrected chi connectivity index (χ4v) is 5.31. The first-order chi connectivity index (χ1) is 15.4. The van der Waals surface area contributed by atoms with Crippen LogP contribution in [0.3, 0.4) is 0 Å². The Bertz CT molecular complexity index is 1110. The molecule has 1 atom stereocenters. The van der Waals surface area contributed by atoms with Gasteiger partial charge in [0.15, 0.2) is 11.5 Å². The minimum absolute atomic E-state index is 0.271. The summed E-state index contributed by atoms with van der Waals surface area (Å²) in [6.07, 6.45) is 3.89. The molecule has 5 rings (SSSR count). The zero-order chi connectivity index (χ0) is 22.3. The Kier molecular flexibility index (Phi) is 5.00. The number of urea groups is 1. The number of benzene rings is 2. The van der Waals surface area contributed by atoms with Crippen LogP contribution in [0.15, 0.2) is 47.4 Å². The molecule has 2 aliphatic heterocycles. The predicted octanol–water partition coefficient (Wildman–Crippen LogP) is 3.67. The average molecular weight is 454 g/mol. The molecule has 2 aromatic rings. The van der Waals surface area contributed by atoms with E-state index in [9.17, 15) is 14.4 Å². The average Bonchev–Trinajstić information content (AvgIpc) is 3.44. The van der Waals surface area contributed by atoms with Gasteiger partial charge in [0.2, 0.25) is 0 Å². The van der Waals surface area contributed by atoms with E-state index in [-0.39, 0.29) is 11.8 Å². The summed E-state index contributed by atoms with van der Waals surface area (Å²) in [4.78, 5) is 37.3. The van der Waals surface area contributed by atoms with Gasteiger partial charge in [0.1, 0.15) is 5.54 Å². The van der Waals surface area contributed by atoms with Gasteiger partial charge in [0, 0.05) is 35.2 Å². The van der Waals surface area contributed by atoms with E-state index in [1.165, 1.54) is 11.8 Å². The van der Waals surface area contributed by atoms with Crippen molar-refractivity contribution in [3.05, 3.63) is 48.0 Å². The fourth-order valence-electron chi connectivity index (χ4n) is 4.17. The molecule has 9 heteroatoms. The maximum atomic E-state index is 13.0. The highest BCUT2D eigenvalue weighted by molar-refractivity contribution is 7.99. The molecule has 1 saturated carbocycles. The van der Waals surface area contributed by atoms with Crippen LogP contribution in [-0.4, -0.2) is 34.9 Å². The summed E-state index contributed by atoms with van der Waals surface area (Å²) in [7, 11) is 0. The number of amides is 4. The summed E-state index contributed by atoms with van der Waals surface area (Å²) >= 11 is 1.34. The van der Waals surface area contributed by atoms with Crippen LogP contribution in [0.5, 0.6) is 11.5 Å². The van der Waals surface area contributed by atoms with Crippen molar-refractivity contribution in [1.82, 2.24) is 10.6 Å². The molecule has 4 amide bonds. The summed E-state index contributed by atoms with van der Waals surface area (Å²) in [5.74, 6) is 0.437. The number of hydrogen-bond acceptors (Lipinski definition) is 6. The highest BCUT2D eigenvalue weighted by Gasteiger charge is 2.44. The topological polar surface area (TPSA) is 106 Å². The molecule has 2 aromatic carbocycles. The molecule has 166 valence electrons. The van der Waals surface area contributed by atoms with Crippen LogP contribution in [0.2, 0.25) is 0 Å². The van der Waals surface area contributed by atoms with E-state index in [2.05, 4.69) is 16.0 Å². The van der Waals surface area contributed by atoms with Crippen molar-refractivity contribution in [3.8, 4) is 11.5 Å². The van der Waals surface area contributed by atoms with Gasteiger partial charge in [-0.3, -0.25) is 14.9 Å². The zero-order valence-electron chi connectivity index (χ0n) is 17.5. The molecule has 32 heavy (non-hydrogen) atoms. The first-order valence-electron chi connectivity index (χ1n) is 10.5. The molecular formula is C23H23N3O5S. The number of carbonyl (C=O) groups is 3. The summed E-state index contributed by atoms with van der Waals surface area (Å²) in [5, 5.41) is 7.81. The Labute approximate surface area is 189 Å². The Morgan fingerprint density at radius 3 is 2.59 bits per heavy atom. The molecule has 3 N–H and O–H groups in total. The van der Waals surface area contributed by atoms with Crippen molar-refractivity contribution >= 4 is 35.3 Å². The SMILES string of the molecule is C[C@]1(CSc2ccccc2C(=O)Nc2ccc3c(c2)OC2(CCCC2)O3)NC(=O)NC1=O. The molecule has 1 saturated heterocycles. The van der Waals surface area contributed by atoms with Gasteiger partial charge in [0.25, 0.3) is 17.6 Å². The van der Waals surface area contributed by atoms with Crippen molar-refractivity contribution in [1.29, 1.82) is 0 Å². The lowest BCUT2D eigenvalue weighted by Gasteiger charge is -2.21. The van der Waals surface area contributed by atoms with Crippen molar-refractivity contribution in [3.63, 3.8) is 0 Å². The number of anilines is 1. The number of thioether (sulfide) groups is 1. The van der Waals surface area contributed by atoms with E-state index in [1.807, 2.05) is 18.2 Å². The minimum atomic E-state index is -1.03. The molecule has 3 aliphatic rings. The van der Waals surface area contributed by atoms with Gasteiger partial charge in [-0.25, -0.2) is 4.79 Å².